The Bertz CT molecular complexity index is 597. The predicted octanol–water partition coefficient (Wildman–Crippen LogP) is 4.31. The van der Waals surface area contributed by atoms with Gasteiger partial charge in [-0.3, -0.25) is 0 Å². The van der Waals surface area contributed by atoms with E-state index in [-0.39, 0.29) is 11.0 Å². The number of benzene rings is 2. The minimum atomic E-state index is -0.875. The van der Waals surface area contributed by atoms with E-state index in [1.165, 1.54) is 17.7 Å². The van der Waals surface area contributed by atoms with Crippen LogP contribution in [0.1, 0.15) is 43.5 Å². The second-order valence-corrected chi connectivity index (χ2v) is 5.99. The van der Waals surface area contributed by atoms with Crippen LogP contribution in [0.4, 0.5) is 8.78 Å². The van der Waals surface area contributed by atoms with Gasteiger partial charge in [0.1, 0.15) is 0 Å². The zero-order valence-corrected chi connectivity index (χ0v) is 12.0. The minimum absolute atomic E-state index is 0.0483. The van der Waals surface area contributed by atoms with E-state index in [0.29, 0.717) is 0 Å². The highest BCUT2D eigenvalue weighted by atomic mass is 19.2. The Hall–Kier alpha value is -1.74. The van der Waals surface area contributed by atoms with Gasteiger partial charge in [0, 0.05) is 5.56 Å². The molecule has 20 heavy (non-hydrogen) atoms. The fourth-order valence-corrected chi connectivity index (χ4v) is 2.13. The lowest BCUT2D eigenvalue weighted by molar-refractivity contribution is 0.494. The van der Waals surface area contributed by atoms with Gasteiger partial charge in [-0.25, -0.2) is 8.78 Å². The summed E-state index contributed by atoms with van der Waals surface area (Å²) in [5, 5.41) is 0. The minimum Gasteiger partial charge on any atom is -0.320 e. The molecule has 2 N–H and O–H groups in total. The van der Waals surface area contributed by atoms with Crippen molar-refractivity contribution in [2.24, 2.45) is 5.73 Å². The van der Waals surface area contributed by atoms with Gasteiger partial charge in [-0.1, -0.05) is 57.2 Å². The van der Waals surface area contributed by atoms with Gasteiger partial charge >= 0.3 is 0 Å². The molecular formula is C17H19F2N. The predicted molar refractivity (Wildman–Crippen MR) is 77.5 cm³/mol. The Morgan fingerprint density at radius 1 is 0.950 bits per heavy atom. The molecule has 2 aromatic carbocycles. The summed E-state index contributed by atoms with van der Waals surface area (Å²) >= 11 is 0. The molecule has 0 fully saturated rings. The smallest absolute Gasteiger partial charge is 0.163 e. The second kappa shape index (κ2) is 5.33. The molecule has 0 aliphatic rings. The van der Waals surface area contributed by atoms with Crippen LogP contribution in [0.5, 0.6) is 0 Å². The SMILES string of the molecule is CC(C)(C)c1ccc(C(N)c2cccc(F)c2F)cc1. The molecule has 0 aliphatic heterocycles. The van der Waals surface area contributed by atoms with Crippen LogP contribution in [-0.2, 0) is 5.41 Å². The lowest BCUT2D eigenvalue weighted by Gasteiger charge is -2.20. The van der Waals surface area contributed by atoms with Crippen molar-refractivity contribution in [1.29, 1.82) is 0 Å². The first-order valence-electron chi connectivity index (χ1n) is 6.60. The highest BCUT2D eigenvalue weighted by Crippen LogP contribution is 2.27. The third-order valence-corrected chi connectivity index (χ3v) is 3.45. The molecule has 0 heterocycles. The molecule has 0 aromatic heterocycles. The van der Waals surface area contributed by atoms with Crippen molar-refractivity contribution >= 4 is 0 Å². The van der Waals surface area contributed by atoms with Crippen LogP contribution < -0.4 is 5.73 Å². The quantitative estimate of drug-likeness (QED) is 0.868. The zero-order chi connectivity index (χ0) is 14.9. The van der Waals surface area contributed by atoms with Gasteiger partial charge in [-0.15, -0.1) is 0 Å². The van der Waals surface area contributed by atoms with Crippen LogP contribution >= 0.6 is 0 Å². The summed E-state index contributed by atoms with van der Waals surface area (Å²) in [4.78, 5) is 0. The third kappa shape index (κ3) is 2.88. The van der Waals surface area contributed by atoms with E-state index in [2.05, 4.69) is 20.8 Å². The maximum Gasteiger partial charge on any atom is 0.163 e. The molecule has 0 bridgehead atoms. The van der Waals surface area contributed by atoms with E-state index < -0.39 is 17.7 Å². The summed E-state index contributed by atoms with van der Waals surface area (Å²) < 4.78 is 27.0. The molecule has 3 heteroatoms. The zero-order valence-electron chi connectivity index (χ0n) is 12.0. The molecule has 0 saturated heterocycles. The summed E-state index contributed by atoms with van der Waals surface area (Å²) in [6, 6.07) is 11.1. The molecular weight excluding hydrogens is 256 g/mol. The van der Waals surface area contributed by atoms with Gasteiger partial charge in [0.05, 0.1) is 6.04 Å². The van der Waals surface area contributed by atoms with E-state index in [1.807, 2.05) is 24.3 Å². The van der Waals surface area contributed by atoms with Gasteiger partial charge < -0.3 is 5.73 Å². The van der Waals surface area contributed by atoms with E-state index in [1.54, 1.807) is 0 Å². The molecule has 1 nitrogen and oxygen atoms in total. The van der Waals surface area contributed by atoms with Gasteiger partial charge in [0.15, 0.2) is 11.6 Å². The van der Waals surface area contributed by atoms with Crippen LogP contribution in [-0.4, -0.2) is 0 Å². The van der Waals surface area contributed by atoms with Crippen molar-refractivity contribution in [3.8, 4) is 0 Å². The summed E-state index contributed by atoms with van der Waals surface area (Å²) in [7, 11) is 0. The van der Waals surface area contributed by atoms with Crippen LogP contribution in [0.2, 0.25) is 0 Å². The molecule has 1 unspecified atom stereocenters. The molecule has 1 atom stereocenters. The monoisotopic (exact) mass is 275 g/mol. The van der Waals surface area contributed by atoms with Gasteiger partial charge in [0.2, 0.25) is 0 Å². The van der Waals surface area contributed by atoms with Crippen molar-refractivity contribution in [2.75, 3.05) is 0 Å². The van der Waals surface area contributed by atoms with Gasteiger partial charge in [0.25, 0.3) is 0 Å². The van der Waals surface area contributed by atoms with Crippen LogP contribution in [0, 0.1) is 11.6 Å². The Labute approximate surface area is 118 Å². The number of hydrogen-bond acceptors (Lipinski definition) is 1. The third-order valence-electron chi connectivity index (χ3n) is 3.45. The average molecular weight is 275 g/mol. The Kier molecular flexibility index (Phi) is 3.91. The number of hydrogen-bond donors (Lipinski definition) is 1. The highest BCUT2D eigenvalue weighted by Gasteiger charge is 2.18. The van der Waals surface area contributed by atoms with E-state index in [4.69, 9.17) is 5.73 Å². The summed E-state index contributed by atoms with van der Waals surface area (Å²) in [6.45, 7) is 6.36. The maximum atomic E-state index is 13.8. The fourth-order valence-electron chi connectivity index (χ4n) is 2.13. The van der Waals surface area contributed by atoms with Crippen molar-refractivity contribution in [1.82, 2.24) is 0 Å². The highest BCUT2D eigenvalue weighted by molar-refractivity contribution is 5.35. The van der Waals surface area contributed by atoms with Crippen LogP contribution in [0.25, 0.3) is 0 Å². The maximum absolute atomic E-state index is 13.8. The summed E-state index contributed by atoms with van der Waals surface area (Å²) in [5.74, 6) is -1.75. The molecule has 2 rings (SSSR count). The first kappa shape index (κ1) is 14.7. The Balaban J connectivity index is 2.34. The average Bonchev–Trinajstić information content (AvgIpc) is 2.40. The van der Waals surface area contributed by atoms with Gasteiger partial charge in [-0.2, -0.15) is 0 Å². The van der Waals surface area contributed by atoms with E-state index in [9.17, 15) is 8.78 Å². The lowest BCUT2D eigenvalue weighted by Crippen LogP contribution is -2.15. The molecule has 106 valence electrons. The van der Waals surface area contributed by atoms with E-state index in [0.717, 1.165) is 11.6 Å². The Morgan fingerprint density at radius 2 is 1.55 bits per heavy atom. The van der Waals surface area contributed by atoms with Crippen molar-refractivity contribution < 1.29 is 8.78 Å². The number of nitrogens with two attached hydrogens (primary N) is 1. The van der Waals surface area contributed by atoms with Crippen molar-refractivity contribution in [2.45, 2.75) is 32.2 Å². The topological polar surface area (TPSA) is 26.0 Å². The normalized spacial score (nSPS) is 13.3. The molecule has 0 saturated carbocycles. The molecule has 0 spiro atoms. The standard InChI is InChI=1S/C17H19F2N/c1-17(2,3)12-9-7-11(8-10-12)16(20)13-5-4-6-14(18)15(13)19/h4-10,16H,20H2,1-3H3. The largest absolute Gasteiger partial charge is 0.320 e. The van der Waals surface area contributed by atoms with Crippen LogP contribution in [0.3, 0.4) is 0 Å². The summed E-state index contributed by atoms with van der Waals surface area (Å²) in [6.07, 6.45) is 0. The molecule has 0 aliphatic carbocycles. The summed E-state index contributed by atoms with van der Waals surface area (Å²) in [5.41, 5.74) is 8.20. The second-order valence-electron chi connectivity index (χ2n) is 5.99. The number of halogens is 2. The first-order chi connectivity index (χ1) is 9.30. The molecule has 2 aromatic rings. The fraction of sp³-hybridized carbons (Fsp3) is 0.294. The van der Waals surface area contributed by atoms with Crippen LogP contribution in [0.15, 0.2) is 42.5 Å². The van der Waals surface area contributed by atoms with Crippen molar-refractivity contribution in [3.05, 3.63) is 70.8 Å². The first-order valence-corrected chi connectivity index (χ1v) is 6.60. The molecule has 0 radical (unpaired) electrons. The molecule has 0 amide bonds. The van der Waals surface area contributed by atoms with Gasteiger partial charge in [-0.05, 0) is 22.6 Å². The lowest BCUT2D eigenvalue weighted by atomic mass is 9.86. The van der Waals surface area contributed by atoms with E-state index >= 15 is 0 Å². The Morgan fingerprint density at radius 3 is 2.10 bits per heavy atom. The number of rotatable bonds is 2. The van der Waals surface area contributed by atoms with Crippen molar-refractivity contribution in [3.63, 3.8) is 0 Å².